The van der Waals surface area contributed by atoms with E-state index < -0.39 is 0 Å². The Labute approximate surface area is 108 Å². The van der Waals surface area contributed by atoms with Crippen LogP contribution in [0, 0.1) is 5.92 Å². The van der Waals surface area contributed by atoms with Crippen molar-refractivity contribution < 1.29 is 0 Å². The van der Waals surface area contributed by atoms with E-state index >= 15 is 0 Å². The van der Waals surface area contributed by atoms with E-state index in [9.17, 15) is 0 Å². The van der Waals surface area contributed by atoms with Crippen molar-refractivity contribution in [3.05, 3.63) is 5.82 Å². The zero-order valence-corrected chi connectivity index (χ0v) is 11.7. The molecule has 3 nitrogen and oxygen atoms in total. The van der Waals surface area contributed by atoms with Crippen LogP contribution in [0.25, 0.3) is 0 Å². The van der Waals surface area contributed by atoms with E-state index in [2.05, 4.69) is 28.5 Å². The summed E-state index contributed by atoms with van der Waals surface area (Å²) in [6, 6.07) is 0. The molecule has 0 atom stereocenters. The minimum absolute atomic E-state index is 0.617. The fourth-order valence-electron chi connectivity index (χ4n) is 2.53. The number of hydrogen-bond donors (Lipinski definition) is 1. The van der Waals surface area contributed by atoms with Crippen LogP contribution in [0.15, 0.2) is 0 Å². The molecule has 1 heterocycles. The number of hydrogen-bond acceptors (Lipinski definition) is 4. The van der Waals surface area contributed by atoms with Crippen LogP contribution in [-0.2, 0) is 0 Å². The van der Waals surface area contributed by atoms with Gasteiger partial charge in [-0.3, -0.25) is 0 Å². The van der Waals surface area contributed by atoms with E-state index in [1.54, 1.807) is 0 Å². The first-order chi connectivity index (χ1) is 8.33. The van der Waals surface area contributed by atoms with Gasteiger partial charge >= 0.3 is 0 Å². The molecule has 0 aromatic carbocycles. The third kappa shape index (κ3) is 3.41. The zero-order valence-electron chi connectivity index (χ0n) is 10.9. The Morgan fingerprint density at radius 3 is 2.65 bits per heavy atom. The Bertz CT molecular complexity index is 329. The summed E-state index contributed by atoms with van der Waals surface area (Å²) in [6.45, 7) is 5.47. The van der Waals surface area contributed by atoms with Gasteiger partial charge in [-0.2, -0.15) is 4.37 Å². The van der Waals surface area contributed by atoms with Gasteiger partial charge in [0.05, 0.1) is 0 Å². The molecule has 4 heteroatoms. The van der Waals surface area contributed by atoms with Crippen LogP contribution in [0.1, 0.15) is 64.1 Å². The molecule has 96 valence electrons. The molecule has 1 fully saturated rings. The first-order valence-electron chi connectivity index (χ1n) is 6.91. The highest BCUT2D eigenvalue weighted by Gasteiger charge is 2.24. The summed E-state index contributed by atoms with van der Waals surface area (Å²) in [6.07, 6.45) is 7.75. The Hall–Kier alpha value is -0.640. The minimum atomic E-state index is 0.617. The average molecular weight is 253 g/mol. The molecule has 0 amide bonds. The summed E-state index contributed by atoms with van der Waals surface area (Å²) >= 11 is 1.52. The van der Waals surface area contributed by atoms with Crippen molar-refractivity contribution in [3.63, 3.8) is 0 Å². The molecule has 1 aliphatic rings. The number of nitrogens with zero attached hydrogens (tertiary/aromatic N) is 2. The van der Waals surface area contributed by atoms with Crippen LogP contribution in [0.4, 0.5) is 5.13 Å². The molecule has 0 radical (unpaired) electrons. The summed E-state index contributed by atoms with van der Waals surface area (Å²) in [5, 5.41) is 4.32. The second kappa shape index (κ2) is 6.34. The lowest BCUT2D eigenvalue weighted by atomic mass is 9.80. The van der Waals surface area contributed by atoms with Crippen LogP contribution in [-0.4, -0.2) is 15.9 Å². The van der Waals surface area contributed by atoms with Gasteiger partial charge in [0, 0.05) is 24.0 Å². The van der Waals surface area contributed by atoms with Crippen LogP contribution in [0.5, 0.6) is 0 Å². The maximum absolute atomic E-state index is 4.62. The normalized spacial score (nSPS) is 24.8. The van der Waals surface area contributed by atoms with E-state index in [1.165, 1.54) is 43.6 Å². The van der Waals surface area contributed by atoms with Crippen molar-refractivity contribution in [3.8, 4) is 0 Å². The van der Waals surface area contributed by atoms with Gasteiger partial charge in [-0.25, -0.2) is 4.98 Å². The van der Waals surface area contributed by atoms with E-state index in [1.807, 2.05) is 0 Å². The van der Waals surface area contributed by atoms with Crippen molar-refractivity contribution in [1.29, 1.82) is 0 Å². The number of anilines is 1. The Morgan fingerprint density at radius 1 is 1.24 bits per heavy atom. The maximum Gasteiger partial charge on any atom is 0.202 e. The van der Waals surface area contributed by atoms with Gasteiger partial charge in [-0.15, -0.1) is 0 Å². The van der Waals surface area contributed by atoms with Gasteiger partial charge in [-0.05, 0) is 38.0 Å². The summed E-state index contributed by atoms with van der Waals surface area (Å²) in [5.74, 6) is 2.65. The SMILES string of the molecule is CCCNc1nc(C2CCC(CC)CC2)ns1. The highest BCUT2D eigenvalue weighted by Crippen LogP contribution is 2.36. The number of aromatic nitrogens is 2. The lowest BCUT2D eigenvalue weighted by Crippen LogP contribution is -2.13. The topological polar surface area (TPSA) is 37.8 Å². The van der Waals surface area contributed by atoms with E-state index in [-0.39, 0.29) is 0 Å². The van der Waals surface area contributed by atoms with Gasteiger partial charge < -0.3 is 5.32 Å². The van der Waals surface area contributed by atoms with Crippen molar-refractivity contribution in [2.24, 2.45) is 5.92 Å². The lowest BCUT2D eigenvalue weighted by molar-refractivity contribution is 0.313. The third-order valence-corrected chi connectivity index (χ3v) is 4.44. The maximum atomic E-state index is 4.62. The predicted octanol–water partition coefficient (Wildman–Crippen LogP) is 4.04. The van der Waals surface area contributed by atoms with Gasteiger partial charge in [0.15, 0.2) is 0 Å². The molecule has 0 saturated heterocycles. The Balaban J connectivity index is 1.87. The molecule has 0 bridgehead atoms. The molecule has 1 aromatic rings. The molecule has 1 N–H and O–H groups in total. The third-order valence-electron chi connectivity index (χ3n) is 3.76. The van der Waals surface area contributed by atoms with Crippen LogP contribution in [0.2, 0.25) is 0 Å². The second-order valence-corrected chi connectivity index (χ2v) is 5.76. The second-order valence-electron chi connectivity index (χ2n) is 5.01. The molecule has 1 aromatic heterocycles. The van der Waals surface area contributed by atoms with Crippen LogP contribution in [0.3, 0.4) is 0 Å². The summed E-state index contributed by atoms with van der Waals surface area (Å²) in [7, 11) is 0. The monoisotopic (exact) mass is 253 g/mol. The van der Waals surface area contributed by atoms with Crippen LogP contribution >= 0.6 is 11.5 Å². The molecule has 17 heavy (non-hydrogen) atoms. The minimum Gasteiger partial charge on any atom is -0.360 e. The quantitative estimate of drug-likeness (QED) is 0.860. The fourth-order valence-corrected chi connectivity index (χ4v) is 3.20. The highest BCUT2D eigenvalue weighted by molar-refractivity contribution is 7.09. The molecule has 0 spiro atoms. The van der Waals surface area contributed by atoms with E-state index in [4.69, 9.17) is 0 Å². The zero-order chi connectivity index (χ0) is 12.1. The molecule has 2 rings (SSSR count). The van der Waals surface area contributed by atoms with Gasteiger partial charge in [0.25, 0.3) is 0 Å². The van der Waals surface area contributed by atoms with E-state index in [0.29, 0.717) is 5.92 Å². The van der Waals surface area contributed by atoms with E-state index in [0.717, 1.165) is 29.8 Å². The summed E-state index contributed by atoms with van der Waals surface area (Å²) in [4.78, 5) is 4.62. The molecule has 0 aliphatic heterocycles. The number of rotatable bonds is 5. The largest absolute Gasteiger partial charge is 0.360 e. The van der Waals surface area contributed by atoms with Crippen molar-refractivity contribution in [1.82, 2.24) is 9.36 Å². The smallest absolute Gasteiger partial charge is 0.202 e. The van der Waals surface area contributed by atoms with Crippen molar-refractivity contribution in [2.45, 2.75) is 58.3 Å². The van der Waals surface area contributed by atoms with Crippen molar-refractivity contribution in [2.75, 3.05) is 11.9 Å². The fraction of sp³-hybridized carbons (Fsp3) is 0.846. The Kier molecular flexibility index (Phi) is 4.77. The molecular formula is C13H23N3S. The number of nitrogens with one attached hydrogen (secondary N) is 1. The predicted molar refractivity (Wildman–Crippen MR) is 73.7 cm³/mol. The first kappa shape index (κ1) is 12.8. The van der Waals surface area contributed by atoms with Gasteiger partial charge in [-0.1, -0.05) is 20.3 Å². The standard InChI is InChI=1S/C13H23N3S/c1-3-9-14-13-15-12(16-17-13)11-7-5-10(4-2)6-8-11/h10-11H,3-9H2,1-2H3,(H,14,15,16). The summed E-state index contributed by atoms with van der Waals surface area (Å²) in [5.41, 5.74) is 0. The molecular weight excluding hydrogens is 230 g/mol. The first-order valence-corrected chi connectivity index (χ1v) is 7.68. The summed E-state index contributed by atoms with van der Waals surface area (Å²) < 4.78 is 4.51. The van der Waals surface area contributed by atoms with Gasteiger partial charge in [0.2, 0.25) is 5.13 Å². The highest BCUT2D eigenvalue weighted by atomic mass is 32.1. The molecule has 1 aliphatic carbocycles. The van der Waals surface area contributed by atoms with Crippen molar-refractivity contribution >= 4 is 16.7 Å². The Morgan fingerprint density at radius 2 is 2.00 bits per heavy atom. The van der Waals surface area contributed by atoms with Gasteiger partial charge in [0.1, 0.15) is 5.82 Å². The molecule has 0 unspecified atom stereocenters. The van der Waals surface area contributed by atoms with Crippen LogP contribution < -0.4 is 5.32 Å². The average Bonchev–Trinajstić information content (AvgIpc) is 2.85. The lowest BCUT2D eigenvalue weighted by Gasteiger charge is -2.25. The molecule has 1 saturated carbocycles.